The second kappa shape index (κ2) is 6.94. The van der Waals surface area contributed by atoms with Crippen LogP contribution < -0.4 is 4.74 Å². The first kappa shape index (κ1) is 15.8. The number of nitrogens with zero attached hydrogens (tertiary/aromatic N) is 1. The highest BCUT2D eigenvalue weighted by atomic mass is 16.5. The summed E-state index contributed by atoms with van der Waals surface area (Å²) in [6.07, 6.45) is 0.969. The number of hydrogen-bond acceptors (Lipinski definition) is 3. The van der Waals surface area contributed by atoms with E-state index in [4.69, 9.17) is 4.74 Å². The molecule has 0 radical (unpaired) electrons. The Hall–Kier alpha value is -1.55. The van der Waals surface area contributed by atoms with E-state index in [1.807, 2.05) is 31.2 Å². The van der Waals surface area contributed by atoms with Crippen LogP contribution in [0.25, 0.3) is 0 Å². The van der Waals surface area contributed by atoms with Crippen molar-refractivity contribution < 1.29 is 14.6 Å². The maximum Gasteiger partial charge on any atom is 0.223 e. The Kier molecular flexibility index (Phi) is 5.23. The molecule has 1 aromatic carbocycles. The quantitative estimate of drug-likeness (QED) is 0.927. The van der Waals surface area contributed by atoms with Gasteiger partial charge in [0.05, 0.1) is 13.2 Å². The molecular weight excluding hydrogens is 266 g/mol. The number of carbonyl (C=O) groups is 1. The predicted octanol–water partition coefficient (Wildman–Crippen LogP) is 2.42. The number of amides is 1. The van der Waals surface area contributed by atoms with E-state index in [1.165, 1.54) is 0 Å². The number of likely N-dealkylation sites (tertiary alicyclic amines) is 1. The Bertz CT molecular complexity index is 471. The summed E-state index contributed by atoms with van der Waals surface area (Å²) < 4.78 is 5.14. The second-order valence-corrected chi connectivity index (χ2v) is 6.05. The third kappa shape index (κ3) is 3.97. The first-order chi connectivity index (χ1) is 10.0. The summed E-state index contributed by atoms with van der Waals surface area (Å²) >= 11 is 0. The number of carbonyl (C=O) groups excluding carboxylic acids is 1. The van der Waals surface area contributed by atoms with Gasteiger partial charge in [-0.2, -0.15) is 0 Å². The number of aliphatic hydroxyl groups excluding tert-OH is 1. The zero-order valence-corrected chi connectivity index (χ0v) is 13.1. The van der Waals surface area contributed by atoms with Gasteiger partial charge in [-0.15, -0.1) is 0 Å². The highest BCUT2D eigenvalue weighted by molar-refractivity contribution is 5.77. The standard InChI is InChI=1S/C17H25NO3/c1-12-8-9-18(11-16(12)19)17(20)10-13(2)14-4-6-15(21-3)7-5-14/h4-7,12-13,16,19H,8-11H2,1-3H3. The highest BCUT2D eigenvalue weighted by Crippen LogP contribution is 2.24. The lowest BCUT2D eigenvalue weighted by Crippen LogP contribution is -2.46. The van der Waals surface area contributed by atoms with Crippen molar-refractivity contribution in [1.29, 1.82) is 0 Å². The van der Waals surface area contributed by atoms with Gasteiger partial charge in [-0.05, 0) is 36.0 Å². The van der Waals surface area contributed by atoms with Crippen LogP contribution in [0.5, 0.6) is 5.75 Å². The van der Waals surface area contributed by atoms with Crippen molar-refractivity contribution in [2.75, 3.05) is 20.2 Å². The van der Waals surface area contributed by atoms with Crippen molar-refractivity contribution >= 4 is 5.91 Å². The number of aliphatic hydroxyl groups is 1. The number of piperidine rings is 1. The summed E-state index contributed by atoms with van der Waals surface area (Å²) in [5, 5.41) is 9.90. The van der Waals surface area contributed by atoms with Crippen molar-refractivity contribution in [3.05, 3.63) is 29.8 Å². The van der Waals surface area contributed by atoms with Crippen LogP contribution in [0.1, 0.15) is 38.2 Å². The fraction of sp³-hybridized carbons (Fsp3) is 0.588. The molecule has 2 rings (SSSR count). The van der Waals surface area contributed by atoms with Gasteiger partial charge in [0.15, 0.2) is 0 Å². The SMILES string of the molecule is COc1ccc(C(C)CC(=O)N2CCC(C)C(O)C2)cc1. The molecule has 1 fully saturated rings. The zero-order valence-electron chi connectivity index (χ0n) is 13.1. The average Bonchev–Trinajstić information content (AvgIpc) is 2.50. The fourth-order valence-corrected chi connectivity index (χ4v) is 2.72. The molecule has 1 heterocycles. The van der Waals surface area contributed by atoms with Crippen molar-refractivity contribution in [2.45, 2.75) is 38.7 Å². The molecule has 1 N–H and O–H groups in total. The molecule has 1 aromatic rings. The molecule has 21 heavy (non-hydrogen) atoms. The summed E-state index contributed by atoms with van der Waals surface area (Å²) in [7, 11) is 1.64. The first-order valence-electron chi connectivity index (χ1n) is 7.61. The van der Waals surface area contributed by atoms with Crippen LogP contribution in [0, 0.1) is 5.92 Å². The molecule has 1 saturated heterocycles. The van der Waals surface area contributed by atoms with E-state index in [-0.39, 0.29) is 23.8 Å². The lowest BCUT2D eigenvalue weighted by Gasteiger charge is -2.34. The van der Waals surface area contributed by atoms with Crippen molar-refractivity contribution in [1.82, 2.24) is 4.90 Å². The molecule has 0 bridgehead atoms. The largest absolute Gasteiger partial charge is 0.497 e. The van der Waals surface area contributed by atoms with Gasteiger partial charge in [-0.25, -0.2) is 0 Å². The van der Waals surface area contributed by atoms with Crippen LogP contribution in [0.15, 0.2) is 24.3 Å². The van der Waals surface area contributed by atoms with Gasteiger partial charge in [0.25, 0.3) is 0 Å². The lowest BCUT2D eigenvalue weighted by atomic mass is 9.93. The number of benzene rings is 1. The van der Waals surface area contributed by atoms with Gasteiger partial charge in [-0.3, -0.25) is 4.79 Å². The van der Waals surface area contributed by atoms with E-state index in [0.29, 0.717) is 13.0 Å². The second-order valence-electron chi connectivity index (χ2n) is 6.05. The smallest absolute Gasteiger partial charge is 0.223 e. The molecular formula is C17H25NO3. The first-order valence-corrected chi connectivity index (χ1v) is 7.61. The third-order valence-corrected chi connectivity index (χ3v) is 4.44. The molecule has 0 spiro atoms. The Morgan fingerprint density at radius 1 is 1.43 bits per heavy atom. The number of methoxy groups -OCH3 is 1. The Labute approximate surface area is 126 Å². The van der Waals surface area contributed by atoms with Gasteiger partial charge in [-0.1, -0.05) is 26.0 Å². The molecule has 3 atom stereocenters. The summed E-state index contributed by atoms with van der Waals surface area (Å²) in [6.45, 7) is 5.32. The van der Waals surface area contributed by atoms with E-state index >= 15 is 0 Å². The molecule has 1 aliphatic heterocycles. The molecule has 4 nitrogen and oxygen atoms in total. The van der Waals surface area contributed by atoms with Crippen molar-refractivity contribution in [3.8, 4) is 5.75 Å². The molecule has 0 saturated carbocycles. The molecule has 1 aliphatic rings. The average molecular weight is 291 g/mol. The van der Waals surface area contributed by atoms with E-state index in [2.05, 4.69) is 6.92 Å². The van der Waals surface area contributed by atoms with Crippen molar-refractivity contribution in [2.24, 2.45) is 5.92 Å². The number of hydrogen-bond donors (Lipinski definition) is 1. The summed E-state index contributed by atoms with van der Waals surface area (Å²) in [5.74, 6) is 1.41. The minimum absolute atomic E-state index is 0.129. The zero-order chi connectivity index (χ0) is 15.4. The summed E-state index contributed by atoms with van der Waals surface area (Å²) in [6, 6.07) is 7.85. The van der Waals surface area contributed by atoms with E-state index < -0.39 is 0 Å². The van der Waals surface area contributed by atoms with Gasteiger partial charge in [0.2, 0.25) is 5.91 Å². The normalized spacial score (nSPS) is 23.7. The minimum Gasteiger partial charge on any atom is -0.497 e. The van der Waals surface area contributed by atoms with E-state index in [0.717, 1.165) is 24.3 Å². The number of rotatable bonds is 4. The Balaban J connectivity index is 1.92. The number of ether oxygens (including phenoxy) is 1. The van der Waals surface area contributed by atoms with Crippen molar-refractivity contribution in [3.63, 3.8) is 0 Å². The summed E-state index contributed by atoms with van der Waals surface area (Å²) in [4.78, 5) is 14.1. The van der Waals surface area contributed by atoms with Crippen LogP contribution in [0.4, 0.5) is 0 Å². The minimum atomic E-state index is -0.390. The van der Waals surface area contributed by atoms with Crippen LogP contribution in [-0.2, 0) is 4.79 Å². The van der Waals surface area contributed by atoms with Crippen LogP contribution in [0.2, 0.25) is 0 Å². The monoisotopic (exact) mass is 291 g/mol. The molecule has 0 aliphatic carbocycles. The van der Waals surface area contributed by atoms with E-state index in [9.17, 15) is 9.90 Å². The lowest BCUT2D eigenvalue weighted by molar-refractivity contribution is -0.135. The van der Waals surface area contributed by atoms with Gasteiger partial charge >= 0.3 is 0 Å². The summed E-state index contributed by atoms with van der Waals surface area (Å²) in [5.41, 5.74) is 1.13. The third-order valence-electron chi connectivity index (χ3n) is 4.44. The van der Waals surface area contributed by atoms with Crippen LogP contribution in [0.3, 0.4) is 0 Å². The van der Waals surface area contributed by atoms with Gasteiger partial charge in [0.1, 0.15) is 5.75 Å². The maximum absolute atomic E-state index is 12.3. The maximum atomic E-state index is 12.3. The van der Waals surface area contributed by atoms with Gasteiger partial charge < -0.3 is 14.7 Å². The van der Waals surface area contributed by atoms with Gasteiger partial charge in [0, 0.05) is 19.5 Å². The Morgan fingerprint density at radius 3 is 2.67 bits per heavy atom. The Morgan fingerprint density at radius 2 is 2.10 bits per heavy atom. The van der Waals surface area contributed by atoms with Crippen LogP contribution in [-0.4, -0.2) is 42.2 Å². The molecule has 116 valence electrons. The number of β-amino-alcohol motifs (C(OH)–C–C–N with tert-alkyl or cyclic N) is 1. The van der Waals surface area contributed by atoms with E-state index in [1.54, 1.807) is 12.0 Å². The molecule has 0 aromatic heterocycles. The molecule has 3 unspecified atom stereocenters. The molecule has 4 heteroatoms. The predicted molar refractivity (Wildman–Crippen MR) is 82.4 cm³/mol. The fourth-order valence-electron chi connectivity index (χ4n) is 2.72. The highest BCUT2D eigenvalue weighted by Gasteiger charge is 2.27. The topological polar surface area (TPSA) is 49.8 Å². The molecule has 1 amide bonds. The van der Waals surface area contributed by atoms with Crippen LogP contribution >= 0.6 is 0 Å².